The van der Waals surface area contributed by atoms with Gasteiger partial charge in [-0.1, -0.05) is 18.2 Å². The minimum absolute atomic E-state index is 0.234. The number of halogens is 1. The zero-order valence-electron chi connectivity index (χ0n) is 13.6. The normalized spacial score (nSPS) is 18.3. The molecule has 2 heterocycles. The van der Waals surface area contributed by atoms with E-state index in [9.17, 15) is 4.39 Å². The van der Waals surface area contributed by atoms with Crippen molar-refractivity contribution in [2.45, 2.75) is 18.9 Å². The Morgan fingerprint density at radius 3 is 3.04 bits per heavy atom. The van der Waals surface area contributed by atoms with E-state index in [0.717, 1.165) is 48.7 Å². The van der Waals surface area contributed by atoms with Crippen LogP contribution in [-0.2, 0) is 6.54 Å². The molecule has 1 aliphatic heterocycles. The lowest BCUT2D eigenvalue weighted by Gasteiger charge is -2.17. The van der Waals surface area contributed by atoms with Crippen LogP contribution in [0.3, 0.4) is 0 Å². The highest BCUT2D eigenvalue weighted by molar-refractivity contribution is 5.75. The number of imidazole rings is 1. The molecule has 0 unspecified atom stereocenters. The van der Waals surface area contributed by atoms with Gasteiger partial charge in [0.1, 0.15) is 17.4 Å². The first-order valence-electron chi connectivity index (χ1n) is 8.22. The van der Waals surface area contributed by atoms with Gasteiger partial charge >= 0.3 is 0 Å². The first kappa shape index (κ1) is 15.1. The number of para-hydroxylation sites is 1. The molecule has 0 spiro atoms. The van der Waals surface area contributed by atoms with Crippen LogP contribution in [0, 0.1) is 5.82 Å². The maximum Gasteiger partial charge on any atom is 0.125 e. The smallest absolute Gasteiger partial charge is 0.125 e. The fourth-order valence-corrected chi connectivity index (χ4v) is 3.47. The number of likely N-dealkylation sites (tertiary alicyclic amines) is 1. The molecule has 1 atom stereocenters. The minimum Gasteiger partial charge on any atom is -0.496 e. The van der Waals surface area contributed by atoms with Crippen molar-refractivity contribution in [3.8, 4) is 5.75 Å². The highest BCUT2D eigenvalue weighted by atomic mass is 19.1. The molecule has 2 aromatic carbocycles. The van der Waals surface area contributed by atoms with Gasteiger partial charge in [-0.15, -0.1) is 0 Å². The zero-order valence-corrected chi connectivity index (χ0v) is 13.6. The number of hydrogen-bond acceptors (Lipinski definition) is 3. The molecular weight excluding hydrogens is 305 g/mol. The number of nitrogens with zero attached hydrogens (tertiary/aromatic N) is 2. The summed E-state index contributed by atoms with van der Waals surface area (Å²) in [4.78, 5) is 10.3. The van der Waals surface area contributed by atoms with Gasteiger partial charge in [-0.2, -0.15) is 0 Å². The van der Waals surface area contributed by atoms with Gasteiger partial charge in [0.15, 0.2) is 0 Å². The fourth-order valence-electron chi connectivity index (χ4n) is 3.47. The maximum absolute atomic E-state index is 13.3. The van der Waals surface area contributed by atoms with Crippen LogP contribution in [0.15, 0.2) is 42.5 Å². The van der Waals surface area contributed by atoms with Crippen LogP contribution in [0.5, 0.6) is 5.75 Å². The Bertz CT molecular complexity index is 861. The number of rotatable bonds is 4. The minimum atomic E-state index is -0.234. The molecule has 3 aromatic rings. The van der Waals surface area contributed by atoms with E-state index in [1.54, 1.807) is 13.2 Å². The summed E-state index contributed by atoms with van der Waals surface area (Å²) in [6, 6.07) is 12.8. The van der Waals surface area contributed by atoms with Gasteiger partial charge in [-0.05, 0) is 37.2 Å². The average molecular weight is 325 g/mol. The Hall–Kier alpha value is -2.40. The van der Waals surface area contributed by atoms with Crippen molar-refractivity contribution in [1.29, 1.82) is 0 Å². The fraction of sp³-hybridized carbons (Fsp3) is 0.316. The molecule has 0 radical (unpaired) electrons. The van der Waals surface area contributed by atoms with Gasteiger partial charge in [-0.25, -0.2) is 9.37 Å². The average Bonchev–Trinajstić information content (AvgIpc) is 3.21. The quantitative estimate of drug-likeness (QED) is 0.795. The summed E-state index contributed by atoms with van der Waals surface area (Å²) in [5, 5.41) is 0. The van der Waals surface area contributed by atoms with Crippen molar-refractivity contribution in [2.24, 2.45) is 0 Å². The molecule has 1 N–H and O–H groups in total. The van der Waals surface area contributed by atoms with Crippen molar-refractivity contribution in [1.82, 2.24) is 14.9 Å². The van der Waals surface area contributed by atoms with Gasteiger partial charge in [0.2, 0.25) is 0 Å². The third-order valence-corrected chi connectivity index (χ3v) is 4.71. The second kappa shape index (κ2) is 6.24. The van der Waals surface area contributed by atoms with Gasteiger partial charge in [0.05, 0.1) is 18.1 Å². The first-order chi connectivity index (χ1) is 11.7. The number of H-pyrrole nitrogens is 1. The standard InChI is InChI=1S/C19H20FN3O/c1-24-18-5-3-2-4-13(18)11-23-9-8-14(12-23)19-21-16-7-6-15(20)10-17(16)22-19/h2-7,10,14H,8-9,11-12H2,1H3,(H,21,22)/t14-/m0/s1. The summed E-state index contributed by atoms with van der Waals surface area (Å²) in [5.74, 6) is 2.01. The van der Waals surface area contributed by atoms with E-state index in [1.165, 1.54) is 17.7 Å². The second-order valence-electron chi connectivity index (χ2n) is 6.32. The third kappa shape index (κ3) is 2.87. The first-order valence-corrected chi connectivity index (χ1v) is 8.22. The molecular formula is C19H20FN3O. The Balaban J connectivity index is 1.49. The van der Waals surface area contributed by atoms with Crippen LogP contribution >= 0.6 is 0 Å². The summed E-state index contributed by atoms with van der Waals surface area (Å²) in [6.07, 6.45) is 1.05. The lowest BCUT2D eigenvalue weighted by Crippen LogP contribution is -2.20. The van der Waals surface area contributed by atoms with E-state index in [4.69, 9.17) is 4.74 Å². The topological polar surface area (TPSA) is 41.1 Å². The largest absolute Gasteiger partial charge is 0.496 e. The molecule has 24 heavy (non-hydrogen) atoms. The number of methoxy groups -OCH3 is 1. The van der Waals surface area contributed by atoms with Crippen LogP contribution in [0.25, 0.3) is 11.0 Å². The molecule has 1 aliphatic rings. The Morgan fingerprint density at radius 1 is 1.29 bits per heavy atom. The van der Waals surface area contributed by atoms with Crippen LogP contribution in [0.4, 0.5) is 4.39 Å². The molecule has 1 saturated heterocycles. The van der Waals surface area contributed by atoms with Crippen molar-refractivity contribution < 1.29 is 9.13 Å². The Labute approximate surface area is 140 Å². The molecule has 1 aromatic heterocycles. The predicted molar refractivity (Wildman–Crippen MR) is 91.7 cm³/mol. The number of aromatic amines is 1. The van der Waals surface area contributed by atoms with E-state index < -0.39 is 0 Å². The summed E-state index contributed by atoms with van der Waals surface area (Å²) < 4.78 is 18.8. The third-order valence-electron chi connectivity index (χ3n) is 4.71. The van der Waals surface area contributed by atoms with Crippen molar-refractivity contribution in [3.63, 3.8) is 0 Å². The molecule has 0 bridgehead atoms. The van der Waals surface area contributed by atoms with Crippen LogP contribution < -0.4 is 4.74 Å². The number of nitrogens with one attached hydrogen (secondary N) is 1. The summed E-state index contributed by atoms with van der Waals surface area (Å²) >= 11 is 0. The highest BCUT2D eigenvalue weighted by Crippen LogP contribution is 2.29. The van der Waals surface area contributed by atoms with Gasteiger partial charge in [0, 0.05) is 24.6 Å². The number of hydrogen-bond donors (Lipinski definition) is 1. The van der Waals surface area contributed by atoms with E-state index in [2.05, 4.69) is 20.9 Å². The van der Waals surface area contributed by atoms with Crippen molar-refractivity contribution in [3.05, 3.63) is 59.7 Å². The molecule has 1 fully saturated rings. The number of ether oxygens (including phenoxy) is 1. The van der Waals surface area contributed by atoms with Crippen molar-refractivity contribution in [2.75, 3.05) is 20.2 Å². The summed E-state index contributed by atoms with van der Waals surface area (Å²) in [5.41, 5.74) is 2.80. The van der Waals surface area contributed by atoms with Gasteiger partial charge in [-0.3, -0.25) is 4.90 Å². The zero-order chi connectivity index (χ0) is 16.5. The predicted octanol–water partition coefficient (Wildman–Crippen LogP) is 3.70. The Morgan fingerprint density at radius 2 is 2.17 bits per heavy atom. The van der Waals surface area contributed by atoms with Crippen LogP contribution in [0.1, 0.15) is 23.7 Å². The van der Waals surface area contributed by atoms with Gasteiger partial charge in [0.25, 0.3) is 0 Å². The lowest BCUT2D eigenvalue weighted by atomic mass is 10.1. The van der Waals surface area contributed by atoms with E-state index in [0.29, 0.717) is 5.92 Å². The number of fused-ring (bicyclic) bond motifs is 1. The van der Waals surface area contributed by atoms with Crippen LogP contribution in [0.2, 0.25) is 0 Å². The molecule has 0 aliphatic carbocycles. The molecule has 4 rings (SSSR count). The summed E-state index contributed by atoms with van der Waals surface area (Å²) in [7, 11) is 1.71. The molecule has 124 valence electrons. The van der Waals surface area contributed by atoms with E-state index >= 15 is 0 Å². The Kier molecular flexibility index (Phi) is 3.94. The van der Waals surface area contributed by atoms with Gasteiger partial charge < -0.3 is 9.72 Å². The molecule has 0 saturated carbocycles. The van der Waals surface area contributed by atoms with Crippen molar-refractivity contribution >= 4 is 11.0 Å². The monoisotopic (exact) mass is 325 g/mol. The van der Waals surface area contributed by atoms with E-state index in [1.807, 2.05) is 18.2 Å². The molecule has 5 heteroatoms. The summed E-state index contributed by atoms with van der Waals surface area (Å²) in [6.45, 7) is 2.84. The molecule has 0 amide bonds. The maximum atomic E-state index is 13.3. The molecule has 4 nitrogen and oxygen atoms in total. The highest BCUT2D eigenvalue weighted by Gasteiger charge is 2.26. The SMILES string of the molecule is COc1ccccc1CN1CC[C@H](c2nc3ccc(F)cc3[nH]2)C1. The van der Waals surface area contributed by atoms with Crippen LogP contribution in [-0.4, -0.2) is 35.1 Å². The second-order valence-corrected chi connectivity index (χ2v) is 6.32. The lowest BCUT2D eigenvalue weighted by molar-refractivity contribution is 0.316. The number of benzene rings is 2. The van der Waals surface area contributed by atoms with E-state index in [-0.39, 0.29) is 5.82 Å². The number of aromatic nitrogens is 2.